The fourth-order valence-electron chi connectivity index (χ4n) is 3.98. The van der Waals surface area contributed by atoms with Crippen LogP contribution in [0, 0.1) is 17.0 Å². The summed E-state index contributed by atoms with van der Waals surface area (Å²) in [6, 6.07) is 18.9. The van der Waals surface area contributed by atoms with E-state index >= 15 is 0 Å². The summed E-state index contributed by atoms with van der Waals surface area (Å²) < 4.78 is 5.37. The Morgan fingerprint density at radius 1 is 1.12 bits per heavy atom. The van der Waals surface area contributed by atoms with Gasteiger partial charge in [0.2, 0.25) is 0 Å². The van der Waals surface area contributed by atoms with Gasteiger partial charge >= 0.3 is 0 Å². The number of benzene rings is 2. The number of rotatable bonds is 8. The van der Waals surface area contributed by atoms with Crippen LogP contribution in [0.25, 0.3) is 0 Å². The van der Waals surface area contributed by atoms with Gasteiger partial charge in [0.05, 0.1) is 24.7 Å². The monoisotopic (exact) mass is 465 g/mol. The van der Waals surface area contributed by atoms with E-state index in [1.807, 2.05) is 54.3 Å². The highest BCUT2D eigenvalue weighted by Crippen LogP contribution is 2.31. The standard InChI is InChI=1S/C25H27N3O4S/c1-19-7-9-22(33-19)18-27(12-11-20-5-3-2-4-6-20)25(29)21-8-10-23(24(17-21)28(30)31)26-13-15-32-16-14-26/h2-10,17H,11-16,18H2,1H3. The molecule has 0 aliphatic carbocycles. The first kappa shape index (κ1) is 22.9. The topological polar surface area (TPSA) is 75.9 Å². The van der Waals surface area contributed by atoms with Crippen LogP contribution >= 0.6 is 11.3 Å². The molecule has 33 heavy (non-hydrogen) atoms. The number of aryl methyl sites for hydroxylation is 1. The minimum atomic E-state index is -0.404. The molecule has 0 spiro atoms. The van der Waals surface area contributed by atoms with Crippen LogP contribution in [0.5, 0.6) is 0 Å². The highest BCUT2D eigenvalue weighted by atomic mass is 32.1. The smallest absolute Gasteiger partial charge is 0.293 e. The molecule has 3 aromatic rings. The van der Waals surface area contributed by atoms with Gasteiger partial charge < -0.3 is 14.5 Å². The third kappa shape index (κ3) is 5.77. The van der Waals surface area contributed by atoms with Gasteiger partial charge in [-0.15, -0.1) is 11.3 Å². The quantitative estimate of drug-likeness (QED) is 0.356. The molecule has 0 unspecified atom stereocenters. The van der Waals surface area contributed by atoms with E-state index in [9.17, 15) is 14.9 Å². The van der Waals surface area contributed by atoms with Crippen LogP contribution in [-0.2, 0) is 17.7 Å². The predicted molar refractivity (Wildman–Crippen MR) is 130 cm³/mol. The largest absolute Gasteiger partial charge is 0.378 e. The number of amides is 1. The van der Waals surface area contributed by atoms with E-state index in [4.69, 9.17) is 4.74 Å². The first-order valence-corrected chi connectivity index (χ1v) is 11.8. The molecule has 1 amide bonds. The summed E-state index contributed by atoms with van der Waals surface area (Å²) in [4.78, 5) is 31.0. The second-order valence-electron chi connectivity index (χ2n) is 8.03. The molecule has 1 aliphatic rings. The van der Waals surface area contributed by atoms with Crippen molar-refractivity contribution in [3.63, 3.8) is 0 Å². The van der Waals surface area contributed by atoms with Gasteiger partial charge in [0, 0.05) is 41.0 Å². The lowest BCUT2D eigenvalue weighted by Gasteiger charge is -2.28. The van der Waals surface area contributed by atoms with Crippen molar-refractivity contribution in [1.82, 2.24) is 4.90 Å². The number of hydrogen-bond donors (Lipinski definition) is 0. The molecule has 0 atom stereocenters. The van der Waals surface area contributed by atoms with Gasteiger partial charge in [0.1, 0.15) is 5.69 Å². The Morgan fingerprint density at radius 2 is 1.88 bits per heavy atom. The molecule has 0 radical (unpaired) electrons. The molecule has 0 bridgehead atoms. The van der Waals surface area contributed by atoms with Crippen LogP contribution in [0.4, 0.5) is 11.4 Å². The van der Waals surface area contributed by atoms with Crippen molar-refractivity contribution in [2.45, 2.75) is 19.9 Å². The maximum Gasteiger partial charge on any atom is 0.293 e. The van der Waals surface area contributed by atoms with Crippen LogP contribution in [0.2, 0.25) is 0 Å². The van der Waals surface area contributed by atoms with E-state index in [1.165, 1.54) is 10.9 Å². The second kappa shape index (κ2) is 10.6. The summed E-state index contributed by atoms with van der Waals surface area (Å²) in [5, 5.41) is 11.8. The van der Waals surface area contributed by atoms with Gasteiger partial charge in [-0.25, -0.2) is 0 Å². The summed E-state index contributed by atoms with van der Waals surface area (Å²) in [7, 11) is 0. The Hall–Kier alpha value is -3.23. The van der Waals surface area contributed by atoms with Gasteiger partial charge in [-0.2, -0.15) is 0 Å². The molecule has 4 rings (SSSR count). The molecule has 2 aromatic carbocycles. The molecule has 8 heteroatoms. The first-order chi connectivity index (χ1) is 16.0. The van der Waals surface area contributed by atoms with Crippen LogP contribution < -0.4 is 4.90 Å². The number of morpholine rings is 1. The fraction of sp³-hybridized carbons (Fsp3) is 0.320. The molecular formula is C25H27N3O4S. The van der Waals surface area contributed by atoms with E-state index in [0.29, 0.717) is 57.1 Å². The second-order valence-corrected chi connectivity index (χ2v) is 9.41. The van der Waals surface area contributed by atoms with Crippen LogP contribution in [0.15, 0.2) is 60.7 Å². The van der Waals surface area contributed by atoms with Crippen molar-refractivity contribution in [1.29, 1.82) is 0 Å². The minimum Gasteiger partial charge on any atom is -0.378 e. The maximum atomic E-state index is 13.5. The first-order valence-electron chi connectivity index (χ1n) is 11.0. The summed E-state index contributed by atoms with van der Waals surface area (Å²) >= 11 is 1.66. The number of hydrogen-bond acceptors (Lipinski definition) is 6. The van der Waals surface area contributed by atoms with Crippen molar-refractivity contribution < 1.29 is 14.5 Å². The lowest BCUT2D eigenvalue weighted by molar-refractivity contribution is -0.384. The lowest BCUT2D eigenvalue weighted by atomic mass is 10.1. The predicted octanol–water partition coefficient (Wildman–Crippen LogP) is 4.69. The summed E-state index contributed by atoms with van der Waals surface area (Å²) in [5.74, 6) is -0.200. The van der Waals surface area contributed by atoms with Gasteiger partial charge in [0.15, 0.2) is 0 Å². The van der Waals surface area contributed by atoms with Gasteiger partial charge in [-0.3, -0.25) is 14.9 Å². The minimum absolute atomic E-state index is 0.0438. The number of carbonyl (C=O) groups excluding carboxylic acids is 1. The van der Waals surface area contributed by atoms with Crippen LogP contribution in [-0.4, -0.2) is 48.6 Å². The Balaban J connectivity index is 1.59. The average molecular weight is 466 g/mol. The molecular weight excluding hydrogens is 438 g/mol. The Bertz CT molecular complexity index is 1110. The molecule has 1 fully saturated rings. The molecule has 172 valence electrons. The Kier molecular flexibility index (Phi) is 7.36. The van der Waals surface area contributed by atoms with Crippen LogP contribution in [0.3, 0.4) is 0 Å². The van der Waals surface area contributed by atoms with Crippen molar-refractivity contribution in [3.8, 4) is 0 Å². The van der Waals surface area contributed by atoms with Crippen LogP contribution in [0.1, 0.15) is 25.7 Å². The number of nitro benzene ring substituents is 1. The third-order valence-corrected chi connectivity index (χ3v) is 6.70. The van der Waals surface area contributed by atoms with Gasteiger partial charge in [0.25, 0.3) is 11.6 Å². The molecule has 0 saturated carbocycles. The van der Waals surface area contributed by atoms with Crippen molar-refractivity contribution in [3.05, 3.63) is 91.7 Å². The Morgan fingerprint density at radius 3 is 2.55 bits per heavy atom. The third-order valence-electron chi connectivity index (χ3n) is 5.71. The summed E-state index contributed by atoms with van der Waals surface area (Å²) in [6.07, 6.45) is 0.713. The van der Waals surface area contributed by atoms with Gasteiger partial charge in [-0.1, -0.05) is 30.3 Å². The zero-order valence-corrected chi connectivity index (χ0v) is 19.4. The number of anilines is 1. The van der Waals surface area contributed by atoms with E-state index in [2.05, 4.69) is 0 Å². The van der Waals surface area contributed by atoms with Crippen molar-refractivity contribution >= 4 is 28.6 Å². The fourth-order valence-corrected chi connectivity index (χ4v) is 4.88. The molecule has 7 nitrogen and oxygen atoms in total. The number of nitro groups is 1. The Labute approximate surface area is 197 Å². The number of thiophene rings is 1. The molecule has 1 aliphatic heterocycles. The van der Waals surface area contributed by atoms with E-state index in [-0.39, 0.29) is 11.6 Å². The van der Waals surface area contributed by atoms with Crippen molar-refractivity contribution in [2.75, 3.05) is 37.7 Å². The normalized spacial score (nSPS) is 13.7. The molecule has 2 heterocycles. The zero-order valence-electron chi connectivity index (χ0n) is 18.6. The summed E-state index contributed by atoms with van der Waals surface area (Å²) in [6.45, 7) is 5.29. The molecule has 0 N–H and O–H groups in total. The lowest BCUT2D eigenvalue weighted by Crippen LogP contribution is -2.36. The molecule has 1 aromatic heterocycles. The number of carbonyl (C=O) groups is 1. The highest BCUT2D eigenvalue weighted by Gasteiger charge is 2.25. The SMILES string of the molecule is Cc1ccc(CN(CCc2ccccc2)C(=O)c2ccc(N3CCOCC3)c([N+](=O)[O-])c2)s1. The highest BCUT2D eigenvalue weighted by molar-refractivity contribution is 7.11. The van der Waals surface area contributed by atoms with Crippen molar-refractivity contribution in [2.24, 2.45) is 0 Å². The van der Waals surface area contributed by atoms with Gasteiger partial charge in [-0.05, 0) is 43.2 Å². The number of nitrogens with zero attached hydrogens (tertiary/aromatic N) is 3. The summed E-state index contributed by atoms with van der Waals surface area (Å²) in [5.41, 5.74) is 1.97. The zero-order chi connectivity index (χ0) is 23.2. The molecule has 1 saturated heterocycles. The number of ether oxygens (including phenoxy) is 1. The van der Waals surface area contributed by atoms with E-state index in [1.54, 1.807) is 28.4 Å². The average Bonchev–Trinajstić information content (AvgIpc) is 3.26. The maximum absolute atomic E-state index is 13.5. The van der Waals surface area contributed by atoms with E-state index < -0.39 is 4.92 Å². The van der Waals surface area contributed by atoms with E-state index in [0.717, 1.165) is 10.4 Å².